The van der Waals surface area contributed by atoms with Gasteiger partial charge >= 0.3 is 0 Å². The molecule has 0 spiro atoms. The minimum atomic E-state index is 0.805. The van der Waals surface area contributed by atoms with Crippen molar-refractivity contribution < 1.29 is 0 Å². The minimum Gasteiger partial charge on any atom is -0.313 e. The number of nitrogens with one attached hydrogen (secondary N) is 1. The van der Waals surface area contributed by atoms with Crippen LogP contribution in [-0.4, -0.2) is 24.1 Å². The summed E-state index contributed by atoms with van der Waals surface area (Å²) in [5.41, 5.74) is 0. The molecule has 1 aliphatic heterocycles. The van der Waals surface area contributed by atoms with E-state index in [0.717, 1.165) is 12.0 Å². The van der Waals surface area contributed by atoms with Crippen LogP contribution in [0.25, 0.3) is 0 Å². The highest BCUT2D eigenvalue weighted by Crippen LogP contribution is 2.18. The SMILES string of the molecule is CCCC[C@@H](CC)CN[C@H]1CCCSC1. The predicted octanol–water partition coefficient (Wildman–Crippen LogP) is 3.69. The first kappa shape index (κ1) is 13.4. The average molecular weight is 229 g/mol. The summed E-state index contributed by atoms with van der Waals surface area (Å²) >= 11 is 2.12. The summed E-state index contributed by atoms with van der Waals surface area (Å²) in [6.45, 7) is 5.87. The van der Waals surface area contributed by atoms with Gasteiger partial charge in [0.2, 0.25) is 0 Å². The van der Waals surface area contributed by atoms with E-state index in [4.69, 9.17) is 0 Å². The molecule has 1 rings (SSSR count). The molecule has 1 aliphatic rings. The van der Waals surface area contributed by atoms with Gasteiger partial charge in [0.25, 0.3) is 0 Å². The Balaban J connectivity index is 2.09. The molecule has 15 heavy (non-hydrogen) atoms. The molecule has 1 fully saturated rings. The highest BCUT2D eigenvalue weighted by atomic mass is 32.2. The van der Waals surface area contributed by atoms with Crippen molar-refractivity contribution in [3.8, 4) is 0 Å². The molecule has 0 saturated carbocycles. The van der Waals surface area contributed by atoms with Crippen molar-refractivity contribution in [2.24, 2.45) is 5.92 Å². The van der Waals surface area contributed by atoms with Crippen molar-refractivity contribution in [1.29, 1.82) is 0 Å². The van der Waals surface area contributed by atoms with Crippen LogP contribution in [0.1, 0.15) is 52.4 Å². The zero-order valence-electron chi connectivity index (χ0n) is 10.4. The molecule has 0 amide bonds. The molecular formula is C13H27NS. The fourth-order valence-corrected chi connectivity index (χ4v) is 3.28. The van der Waals surface area contributed by atoms with Crippen LogP contribution in [-0.2, 0) is 0 Å². The Hall–Kier alpha value is 0.310. The summed E-state index contributed by atoms with van der Waals surface area (Å²) in [5, 5.41) is 3.76. The predicted molar refractivity (Wildman–Crippen MR) is 71.7 cm³/mol. The van der Waals surface area contributed by atoms with Gasteiger partial charge in [0.1, 0.15) is 0 Å². The number of hydrogen-bond acceptors (Lipinski definition) is 2. The maximum Gasteiger partial charge on any atom is 0.0158 e. The summed E-state index contributed by atoms with van der Waals surface area (Å²) in [4.78, 5) is 0. The Labute approximate surface area is 99.8 Å². The van der Waals surface area contributed by atoms with Crippen molar-refractivity contribution in [3.63, 3.8) is 0 Å². The topological polar surface area (TPSA) is 12.0 Å². The standard InChI is InChI=1S/C13H27NS/c1-3-5-7-12(4-2)10-14-13-8-6-9-15-11-13/h12-14H,3-11H2,1-2H3/t12-,13+/m1/s1. The van der Waals surface area contributed by atoms with E-state index in [9.17, 15) is 0 Å². The molecule has 1 nitrogen and oxygen atoms in total. The molecule has 0 radical (unpaired) electrons. The zero-order valence-corrected chi connectivity index (χ0v) is 11.2. The molecule has 0 bridgehead atoms. The first-order valence-corrected chi connectivity index (χ1v) is 7.83. The molecule has 0 aromatic carbocycles. The quantitative estimate of drug-likeness (QED) is 0.714. The maximum atomic E-state index is 3.76. The summed E-state index contributed by atoms with van der Waals surface area (Å²) in [6, 6.07) is 0.805. The molecule has 90 valence electrons. The number of unbranched alkanes of at least 4 members (excludes halogenated alkanes) is 1. The third kappa shape index (κ3) is 5.82. The van der Waals surface area contributed by atoms with Gasteiger partial charge in [-0.05, 0) is 37.5 Å². The van der Waals surface area contributed by atoms with Crippen LogP contribution in [0, 0.1) is 5.92 Å². The smallest absolute Gasteiger partial charge is 0.0158 e. The van der Waals surface area contributed by atoms with Crippen LogP contribution < -0.4 is 5.32 Å². The molecular weight excluding hydrogens is 202 g/mol. The molecule has 0 unspecified atom stereocenters. The van der Waals surface area contributed by atoms with Crippen molar-refractivity contribution in [1.82, 2.24) is 5.32 Å². The molecule has 2 atom stereocenters. The van der Waals surface area contributed by atoms with E-state index in [1.54, 1.807) is 0 Å². The Morgan fingerprint density at radius 1 is 1.40 bits per heavy atom. The van der Waals surface area contributed by atoms with Crippen LogP contribution in [0.15, 0.2) is 0 Å². The normalized spacial score (nSPS) is 24.0. The van der Waals surface area contributed by atoms with Crippen LogP contribution in [0.2, 0.25) is 0 Å². The molecule has 0 aliphatic carbocycles. The number of rotatable bonds is 7. The third-order valence-electron chi connectivity index (χ3n) is 3.40. The third-order valence-corrected chi connectivity index (χ3v) is 4.61. The van der Waals surface area contributed by atoms with Gasteiger partial charge in [-0.3, -0.25) is 0 Å². The lowest BCUT2D eigenvalue weighted by atomic mass is 9.99. The second-order valence-electron chi connectivity index (χ2n) is 4.74. The Morgan fingerprint density at radius 3 is 2.87 bits per heavy atom. The zero-order chi connectivity index (χ0) is 10.9. The molecule has 0 aromatic heterocycles. The molecule has 1 saturated heterocycles. The first-order valence-electron chi connectivity index (χ1n) is 6.68. The second-order valence-corrected chi connectivity index (χ2v) is 5.89. The first-order chi connectivity index (χ1) is 7.36. The van der Waals surface area contributed by atoms with Gasteiger partial charge in [-0.25, -0.2) is 0 Å². The van der Waals surface area contributed by atoms with Crippen LogP contribution in [0.5, 0.6) is 0 Å². The lowest BCUT2D eigenvalue weighted by Gasteiger charge is -2.25. The lowest BCUT2D eigenvalue weighted by molar-refractivity contribution is 0.387. The number of thioether (sulfide) groups is 1. The van der Waals surface area contributed by atoms with Gasteiger partial charge in [-0.15, -0.1) is 0 Å². The van der Waals surface area contributed by atoms with E-state index < -0.39 is 0 Å². The van der Waals surface area contributed by atoms with Crippen LogP contribution in [0.3, 0.4) is 0 Å². The maximum absolute atomic E-state index is 3.76. The van der Waals surface area contributed by atoms with Gasteiger partial charge in [-0.2, -0.15) is 11.8 Å². The lowest BCUT2D eigenvalue weighted by Crippen LogP contribution is -2.36. The molecule has 2 heteroatoms. The van der Waals surface area contributed by atoms with E-state index in [2.05, 4.69) is 30.9 Å². The van der Waals surface area contributed by atoms with Gasteiger partial charge in [-0.1, -0.05) is 33.1 Å². The highest BCUT2D eigenvalue weighted by Gasteiger charge is 2.14. The van der Waals surface area contributed by atoms with E-state index in [1.807, 2.05) is 0 Å². The summed E-state index contributed by atoms with van der Waals surface area (Å²) in [7, 11) is 0. The van der Waals surface area contributed by atoms with Crippen molar-refractivity contribution in [2.45, 2.75) is 58.4 Å². The van der Waals surface area contributed by atoms with Gasteiger partial charge in [0.05, 0.1) is 0 Å². The largest absolute Gasteiger partial charge is 0.313 e. The van der Waals surface area contributed by atoms with Gasteiger partial charge in [0.15, 0.2) is 0 Å². The van der Waals surface area contributed by atoms with Gasteiger partial charge in [0, 0.05) is 11.8 Å². The van der Waals surface area contributed by atoms with E-state index in [-0.39, 0.29) is 0 Å². The monoisotopic (exact) mass is 229 g/mol. The summed E-state index contributed by atoms with van der Waals surface area (Å²) in [6.07, 6.45) is 8.31. The Morgan fingerprint density at radius 2 is 2.27 bits per heavy atom. The summed E-state index contributed by atoms with van der Waals surface area (Å²) in [5.74, 6) is 3.63. The van der Waals surface area contributed by atoms with Crippen molar-refractivity contribution >= 4 is 11.8 Å². The molecule has 1 N–H and O–H groups in total. The fourth-order valence-electron chi connectivity index (χ4n) is 2.18. The summed E-state index contributed by atoms with van der Waals surface area (Å²) < 4.78 is 0. The van der Waals surface area contributed by atoms with E-state index in [0.29, 0.717) is 0 Å². The fraction of sp³-hybridized carbons (Fsp3) is 1.00. The van der Waals surface area contributed by atoms with E-state index >= 15 is 0 Å². The second kappa shape index (κ2) is 8.46. The molecule has 1 heterocycles. The Kier molecular flexibility index (Phi) is 7.54. The van der Waals surface area contributed by atoms with Crippen molar-refractivity contribution in [2.75, 3.05) is 18.1 Å². The minimum absolute atomic E-state index is 0.805. The molecule has 0 aromatic rings. The average Bonchev–Trinajstić information content (AvgIpc) is 2.31. The van der Waals surface area contributed by atoms with Crippen LogP contribution >= 0.6 is 11.8 Å². The van der Waals surface area contributed by atoms with E-state index in [1.165, 1.54) is 56.6 Å². The van der Waals surface area contributed by atoms with Crippen molar-refractivity contribution in [3.05, 3.63) is 0 Å². The number of hydrogen-bond donors (Lipinski definition) is 1. The Bertz CT molecular complexity index is 143. The van der Waals surface area contributed by atoms with Gasteiger partial charge < -0.3 is 5.32 Å². The van der Waals surface area contributed by atoms with Crippen LogP contribution in [0.4, 0.5) is 0 Å². The highest BCUT2D eigenvalue weighted by molar-refractivity contribution is 7.99.